The van der Waals surface area contributed by atoms with Gasteiger partial charge in [-0.15, -0.1) is 0 Å². The van der Waals surface area contributed by atoms with Crippen molar-refractivity contribution in [1.82, 2.24) is 0 Å². The van der Waals surface area contributed by atoms with Gasteiger partial charge in [0.2, 0.25) is 0 Å². The standard InChI is InChI=1S/C13H18ClNO3/c1-17-12-7-13(18-2)10(6-8(12)14)15-9-4-3-5-11(9)16/h6-7,9,11,15-16H,3-5H2,1-2H3/t9-,11-/m1/s1. The zero-order valence-corrected chi connectivity index (χ0v) is 11.3. The molecule has 1 aromatic rings. The highest BCUT2D eigenvalue weighted by molar-refractivity contribution is 6.32. The molecule has 2 rings (SSSR count). The average Bonchev–Trinajstić information content (AvgIpc) is 2.75. The Balaban J connectivity index is 2.23. The maximum Gasteiger partial charge on any atom is 0.145 e. The van der Waals surface area contributed by atoms with Crippen molar-refractivity contribution in [2.24, 2.45) is 0 Å². The van der Waals surface area contributed by atoms with Gasteiger partial charge < -0.3 is 19.9 Å². The molecule has 1 saturated carbocycles. The van der Waals surface area contributed by atoms with E-state index in [2.05, 4.69) is 5.32 Å². The summed E-state index contributed by atoms with van der Waals surface area (Å²) in [6, 6.07) is 3.57. The number of aliphatic hydroxyl groups excluding tert-OH is 1. The highest BCUT2D eigenvalue weighted by Gasteiger charge is 2.26. The van der Waals surface area contributed by atoms with E-state index in [1.807, 2.05) is 0 Å². The van der Waals surface area contributed by atoms with Crippen molar-refractivity contribution in [2.75, 3.05) is 19.5 Å². The Morgan fingerprint density at radius 3 is 2.50 bits per heavy atom. The van der Waals surface area contributed by atoms with E-state index < -0.39 is 0 Å². The first-order chi connectivity index (χ1) is 8.65. The third kappa shape index (κ3) is 2.65. The van der Waals surface area contributed by atoms with Gasteiger partial charge in [0.1, 0.15) is 11.5 Å². The van der Waals surface area contributed by atoms with Crippen LogP contribution in [0.5, 0.6) is 11.5 Å². The fourth-order valence-corrected chi connectivity index (χ4v) is 2.52. The Kier molecular flexibility index (Phi) is 4.19. The van der Waals surface area contributed by atoms with Crippen LogP contribution in [-0.4, -0.2) is 31.5 Å². The Hall–Kier alpha value is -1.13. The quantitative estimate of drug-likeness (QED) is 0.884. The summed E-state index contributed by atoms with van der Waals surface area (Å²) >= 11 is 6.10. The monoisotopic (exact) mass is 271 g/mol. The van der Waals surface area contributed by atoms with E-state index in [1.54, 1.807) is 26.4 Å². The van der Waals surface area contributed by atoms with Gasteiger partial charge >= 0.3 is 0 Å². The molecule has 100 valence electrons. The van der Waals surface area contributed by atoms with Gasteiger partial charge in [-0.1, -0.05) is 11.6 Å². The van der Waals surface area contributed by atoms with E-state index in [-0.39, 0.29) is 12.1 Å². The lowest BCUT2D eigenvalue weighted by Crippen LogP contribution is -2.28. The van der Waals surface area contributed by atoms with Crippen molar-refractivity contribution in [2.45, 2.75) is 31.4 Å². The molecule has 0 amide bonds. The van der Waals surface area contributed by atoms with Crippen LogP contribution in [0.15, 0.2) is 12.1 Å². The largest absolute Gasteiger partial charge is 0.495 e. The molecule has 1 fully saturated rings. The van der Waals surface area contributed by atoms with Crippen molar-refractivity contribution in [3.63, 3.8) is 0 Å². The number of hydrogen-bond donors (Lipinski definition) is 2. The number of nitrogens with one attached hydrogen (secondary N) is 1. The van der Waals surface area contributed by atoms with Gasteiger partial charge in [0.15, 0.2) is 0 Å². The van der Waals surface area contributed by atoms with Crippen LogP contribution in [0.3, 0.4) is 0 Å². The first-order valence-electron chi connectivity index (χ1n) is 6.02. The third-order valence-corrected chi connectivity index (χ3v) is 3.59. The molecule has 0 aliphatic heterocycles. The molecule has 1 aliphatic carbocycles. The summed E-state index contributed by atoms with van der Waals surface area (Å²) in [7, 11) is 3.16. The van der Waals surface area contributed by atoms with Gasteiger partial charge in [0, 0.05) is 6.07 Å². The molecule has 0 unspecified atom stereocenters. The van der Waals surface area contributed by atoms with Crippen LogP contribution in [0.4, 0.5) is 5.69 Å². The topological polar surface area (TPSA) is 50.7 Å². The number of benzene rings is 1. The van der Waals surface area contributed by atoms with Crippen LogP contribution in [0.25, 0.3) is 0 Å². The third-order valence-electron chi connectivity index (χ3n) is 3.29. The van der Waals surface area contributed by atoms with E-state index in [9.17, 15) is 5.11 Å². The molecule has 0 heterocycles. The van der Waals surface area contributed by atoms with E-state index in [0.717, 1.165) is 24.9 Å². The SMILES string of the molecule is COc1cc(OC)c(N[C@@H]2CCC[C@H]2O)cc1Cl. The summed E-state index contributed by atoms with van der Waals surface area (Å²) in [5, 5.41) is 13.6. The molecule has 2 N–H and O–H groups in total. The molecular formula is C13H18ClNO3. The molecule has 0 bridgehead atoms. The van der Waals surface area contributed by atoms with E-state index in [1.165, 1.54) is 0 Å². The fraction of sp³-hybridized carbons (Fsp3) is 0.538. The summed E-state index contributed by atoms with van der Waals surface area (Å²) in [5.74, 6) is 1.24. The smallest absolute Gasteiger partial charge is 0.145 e. The normalized spacial score (nSPS) is 22.9. The lowest BCUT2D eigenvalue weighted by molar-refractivity contribution is 0.171. The summed E-state index contributed by atoms with van der Waals surface area (Å²) < 4.78 is 10.5. The van der Waals surface area contributed by atoms with E-state index >= 15 is 0 Å². The summed E-state index contributed by atoms with van der Waals surface area (Å²) in [4.78, 5) is 0. The molecule has 4 nitrogen and oxygen atoms in total. The molecule has 18 heavy (non-hydrogen) atoms. The molecular weight excluding hydrogens is 254 g/mol. The number of rotatable bonds is 4. The summed E-state index contributed by atoms with van der Waals surface area (Å²) in [6.07, 6.45) is 2.51. The Morgan fingerprint density at radius 1 is 1.22 bits per heavy atom. The molecule has 0 radical (unpaired) electrons. The minimum atomic E-state index is -0.310. The highest BCUT2D eigenvalue weighted by Crippen LogP contribution is 2.37. The van der Waals surface area contributed by atoms with Gasteiger partial charge in [-0.05, 0) is 25.3 Å². The minimum absolute atomic E-state index is 0.0587. The lowest BCUT2D eigenvalue weighted by Gasteiger charge is -2.20. The Morgan fingerprint density at radius 2 is 1.94 bits per heavy atom. The number of aliphatic hydroxyl groups is 1. The van der Waals surface area contributed by atoms with Crippen molar-refractivity contribution in [3.05, 3.63) is 17.2 Å². The molecule has 1 aromatic carbocycles. The van der Waals surface area contributed by atoms with Crippen LogP contribution in [0, 0.1) is 0 Å². The van der Waals surface area contributed by atoms with Gasteiger partial charge in [-0.2, -0.15) is 0 Å². The minimum Gasteiger partial charge on any atom is -0.495 e. The first-order valence-corrected chi connectivity index (χ1v) is 6.39. The summed E-state index contributed by atoms with van der Waals surface area (Å²) in [5.41, 5.74) is 0.786. The van der Waals surface area contributed by atoms with Gasteiger partial charge in [-0.25, -0.2) is 0 Å². The zero-order chi connectivity index (χ0) is 13.1. The predicted molar refractivity (Wildman–Crippen MR) is 71.8 cm³/mol. The van der Waals surface area contributed by atoms with Crippen LogP contribution in [0.2, 0.25) is 5.02 Å². The van der Waals surface area contributed by atoms with Crippen LogP contribution in [0.1, 0.15) is 19.3 Å². The fourth-order valence-electron chi connectivity index (χ4n) is 2.28. The predicted octanol–water partition coefficient (Wildman–Crippen LogP) is 2.68. The maximum atomic E-state index is 9.82. The number of hydrogen-bond acceptors (Lipinski definition) is 4. The van der Waals surface area contributed by atoms with Gasteiger partial charge in [0.25, 0.3) is 0 Å². The van der Waals surface area contributed by atoms with Crippen LogP contribution < -0.4 is 14.8 Å². The number of methoxy groups -OCH3 is 2. The Labute approximate surface area is 112 Å². The Bertz CT molecular complexity index is 425. The number of ether oxygens (including phenoxy) is 2. The first kappa shape index (κ1) is 13.3. The van der Waals surface area contributed by atoms with Crippen molar-refractivity contribution in [1.29, 1.82) is 0 Å². The van der Waals surface area contributed by atoms with Crippen LogP contribution in [-0.2, 0) is 0 Å². The second kappa shape index (κ2) is 5.67. The average molecular weight is 272 g/mol. The summed E-state index contributed by atoms with van der Waals surface area (Å²) in [6.45, 7) is 0. The molecule has 0 saturated heterocycles. The molecule has 0 spiro atoms. The van der Waals surface area contributed by atoms with E-state index in [4.69, 9.17) is 21.1 Å². The highest BCUT2D eigenvalue weighted by atomic mass is 35.5. The van der Waals surface area contributed by atoms with Crippen molar-refractivity contribution < 1.29 is 14.6 Å². The lowest BCUT2D eigenvalue weighted by atomic mass is 10.2. The van der Waals surface area contributed by atoms with Gasteiger partial charge in [-0.3, -0.25) is 0 Å². The van der Waals surface area contributed by atoms with Gasteiger partial charge in [0.05, 0.1) is 37.1 Å². The van der Waals surface area contributed by atoms with Crippen LogP contribution >= 0.6 is 11.6 Å². The van der Waals surface area contributed by atoms with Crippen molar-refractivity contribution in [3.8, 4) is 11.5 Å². The van der Waals surface area contributed by atoms with Crippen molar-refractivity contribution >= 4 is 17.3 Å². The second-order valence-electron chi connectivity index (χ2n) is 4.44. The number of anilines is 1. The molecule has 0 aromatic heterocycles. The van der Waals surface area contributed by atoms with E-state index in [0.29, 0.717) is 16.5 Å². The maximum absolute atomic E-state index is 9.82. The number of halogens is 1. The molecule has 5 heteroatoms. The zero-order valence-electron chi connectivity index (χ0n) is 10.6. The molecule has 2 atom stereocenters. The molecule has 1 aliphatic rings. The second-order valence-corrected chi connectivity index (χ2v) is 4.84.